The number of thiazole rings is 1. The molecule has 3 aromatic rings. The molecule has 3 rings (SSSR count). The molecule has 1 aromatic heterocycles. The molecule has 134 valence electrons. The van der Waals surface area contributed by atoms with Crippen LogP contribution in [0.25, 0.3) is 0 Å². The van der Waals surface area contributed by atoms with Crippen LogP contribution in [0.2, 0.25) is 0 Å². The van der Waals surface area contributed by atoms with Gasteiger partial charge in [0.1, 0.15) is 0 Å². The molecule has 6 nitrogen and oxygen atoms in total. The minimum Gasteiger partial charge on any atom is -0.298 e. The second kappa shape index (κ2) is 7.27. The summed E-state index contributed by atoms with van der Waals surface area (Å²) in [5, 5.41) is 3.14. The molecule has 0 bridgehead atoms. The van der Waals surface area contributed by atoms with Crippen molar-refractivity contribution in [2.45, 2.75) is 18.7 Å². The van der Waals surface area contributed by atoms with E-state index < -0.39 is 15.9 Å². The van der Waals surface area contributed by atoms with Gasteiger partial charge in [-0.2, -0.15) is 0 Å². The van der Waals surface area contributed by atoms with Crippen LogP contribution in [0.3, 0.4) is 0 Å². The number of hydrogen-bond donors (Lipinski definition) is 2. The lowest BCUT2D eigenvalue weighted by Crippen LogP contribution is -2.15. The summed E-state index contributed by atoms with van der Waals surface area (Å²) in [5.74, 6) is -0.410. The maximum atomic E-state index is 12.6. The first kappa shape index (κ1) is 18.1. The summed E-state index contributed by atoms with van der Waals surface area (Å²) in [5.41, 5.74) is 1.73. The molecule has 0 aliphatic rings. The predicted octanol–water partition coefficient (Wildman–Crippen LogP) is 3.81. The lowest BCUT2D eigenvalue weighted by atomic mass is 10.2. The SMILES string of the molecule is Cc1ccc(NS(=O)(=O)c2cccc(C(=O)Nc3ncc(C)s3)c2)cc1. The minimum absolute atomic E-state index is 0.0149. The molecule has 8 heteroatoms. The number of aromatic nitrogens is 1. The van der Waals surface area contributed by atoms with Crippen LogP contribution in [0.15, 0.2) is 59.6 Å². The zero-order valence-corrected chi connectivity index (χ0v) is 15.8. The van der Waals surface area contributed by atoms with Crippen LogP contribution in [0, 0.1) is 13.8 Å². The van der Waals surface area contributed by atoms with Crippen molar-refractivity contribution in [3.8, 4) is 0 Å². The molecule has 0 aliphatic heterocycles. The van der Waals surface area contributed by atoms with Crippen LogP contribution < -0.4 is 10.0 Å². The van der Waals surface area contributed by atoms with E-state index in [4.69, 9.17) is 0 Å². The summed E-state index contributed by atoms with van der Waals surface area (Å²) < 4.78 is 27.7. The number of aryl methyl sites for hydroxylation is 2. The highest BCUT2D eigenvalue weighted by molar-refractivity contribution is 7.92. The summed E-state index contributed by atoms with van der Waals surface area (Å²) in [7, 11) is -3.79. The van der Waals surface area contributed by atoms with E-state index in [0.29, 0.717) is 10.8 Å². The second-order valence-corrected chi connectivity index (χ2v) is 8.65. The maximum absolute atomic E-state index is 12.6. The van der Waals surface area contributed by atoms with Gasteiger partial charge >= 0.3 is 0 Å². The Bertz CT molecular complexity index is 1040. The van der Waals surface area contributed by atoms with E-state index in [2.05, 4.69) is 15.0 Å². The molecule has 0 unspecified atom stereocenters. The van der Waals surface area contributed by atoms with Crippen molar-refractivity contribution in [1.82, 2.24) is 4.98 Å². The Labute approximate surface area is 156 Å². The Kier molecular flexibility index (Phi) is 5.06. The van der Waals surface area contributed by atoms with Crippen molar-refractivity contribution in [2.75, 3.05) is 10.0 Å². The van der Waals surface area contributed by atoms with Crippen LogP contribution in [0.4, 0.5) is 10.8 Å². The number of rotatable bonds is 5. The van der Waals surface area contributed by atoms with Gasteiger partial charge in [0.25, 0.3) is 15.9 Å². The van der Waals surface area contributed by atoms with E-state index >= 15 is 0 Å². The van der Waals surface area contributed by atoms with Crippen LogP contribution in [0.5, 0.6) is 0 Å². The Hall–Kier alpha value is -2.71. The molecule has 2 N–H and O–H groups in total. The first-order chi connectivity index (χ1) is 12.3. The third-order valence-electron chi connectivity index (χ3n) is 3.55. The molecule has 0 aliphatic carbocycles. The van der Waals surface area contributed by atoms with Crippen molar-refractivity contribution in [3.05, 3.63) is 70.7 Å². The summed E-state index contributed by atoms with van der Waals surface area (Å²) in [6.07, 6.45) is 1.66. The fourth-order valence-electron chi connectivity index (χ4n) is 2.22. The number of benzene rings is 2. The van der Waals surface area contributed by atoms with Crippen molar-refractivity contribution in [2.24, 2.45) is 0 Å². The van der Waals surface area contributed by atoms with E-state index in [1.54, 1.807) is 24.4 Å². The Morgan fingerprint density at radius 3 is 2.46 bits per heavy atom. The number of amides is 1. The zero-order chi connectivity index (χ0) is 18.7. The first-order valence-corrected chi connectivity index (χ1v) is 10.1. The molecule has 1 amide bonds. The van der Waals surface area contributed by atoms with Crippen LogP contribution in [-0.2, 0) is 10.0 Å². The topological polar surface area (TPSA) is 88.2 Å². The van der Waals surface area contributed by atoms with E-state index in [0.717, 1.165) is 10.4 Å². The normalized spacial score (nSPS) is 11.2. The van der Waals surface area contributed by atoms with Gasteiger partial charge in [-0.3, -0.25) is 14.8 Å². The molecule has 26 heavy (non-hydrogen) atoms. The van der Waals surface area contributed by atoms with Crippen molar-refractivity contribution < 1.29 is 13.2 Å². The van der Waals surface area contributed by atoms with Gasteiger partial charge in [0, 0.05) is 22.3 Å². The number of nitrogens with one attached hydrogen (secondary N) is 2. The Balaban J connectivity index is 1.81. The van der Waals surface area contributed by atoms with Gasteiger partial charge in [-0.05, 0) is 44.2 Å². The smallest absolute Gasteiger partial charge is 0.261 e. The molecule has 0 saturated heterocycles. The number of hydrogen-bond acceptors (Lipinski definition) is 5. The van der Waals surface area contributed by atoms with Gasteiger partial charge in [0.05, 0.1) is 4.90 Å². The maximum Gasteiger partial charge on any atom is 0.261 e. The van der Waals surface area contributed by atoms with Gasteiger partial charge in [-0.15, -0.1) is 11.3 Å². The van der Waals surface area contributed by atoms with Crippen LogP contribution in [-0.4, -0.2) is 19.3 Å². The quantitative estimate of drug-likeness (QED) is 0.697. The average Bonchev–Trinajstić information content (AvgIpc) is 3.02. The monoisotopic (exact) mass is 387 g/mol. The Morgan fingerprint density at radius 2 is 1.81 bits per heavy atom. The zero-order valence-electron chi connectivity index (χ0n) is 14.2. The van der Waals surface area contributed by atoms with Crippen molar-refractivity contribution in [1.29, 1.82) is 0 Å². The number of nitrogens with zero attached hydrogens (tertiary/aromatic N) is 1. The molecule has 0 fully saturated rings. The number of sulfonamides is 1. The van der Waals surface area contributed by atoms with E-state index in [1.807, 2.05) is 26.0 Å². The van der Waals surface area contributed by atoms with Gasteiger partial charge < -0.3 is 0 Å². The standard InChI is InChI=1S/C18H17N3O3S2/c1-12-6-8-15(9-7-12)21-26(23,24)16-5-3-4-14(10-16)17(22)20-18-19-11-13(2)25-18/h3-11,21H,1-2H3,(H,19,20,22). The van der Waals surface area contributed by atoms with Crippen LogP contribution >= 0.6 is 11.3 Å². The highest BCUT2D eigenvalue weighted by Gasteiger charge is 2.17. The van der Waals surface area contributed by atoms with Crippen molar-refractivity contribution >= 4 is 38.1 Å². The van der Waals surface area contributed by atoms with Gasteiger partial charge in [-0.1, -0.05) is 23.8 Å². The summed E-state index contributed by atoms with van der Waals surface area (Å²) in [6.45, 7) is 3.81. The molecule has 0 atom stereocenters. The largest absolute Gasteiger partial charge is 0.298 e. The highest BCUT2D eigenvalue weighted by atomic mass is 32.2. The molecule has 0 radical (unpaired) electrons. The predicted molar refractivity (Wildman–Crippen MR) is 103 cm³/mol. The molecule has 2 aromatic carbocycles. The highest BCUT2D eigenvalue weighted by Crippen LogP contribution is 2.20. The lowest BCUT2D eigenvalue weighted by molar-refractivity contribution is 0.102. The van der Waals surface area contributed by atoms with Gasteiger partial charge in [-0.25, -0.2) is 13.4 Å². The average molecular weight is 387 g/mol. The number of anilines is 2. The van der Waals surface area contributed by atoms with E-state index in [-0.39, 0.29) is 10.5 Å². The minimum atomic E-state index is -3.79. The number of carbonyl (C=O) groups excluding carboxylic acids is 1. The van der Waals surface area contributed by atoms with E-state index in [1.165, 1.54) is 29.5 Å². The summed E-state index contributed by atoms with van der Waals surface area (Å²) in [6, 6.07) is 12.9. The summed E-state index contributed by atoms with van der Waals surface area (Å²) in [4.78, 5) is 17.4. The Morgan fingerprint density at radius 1 is 1.08 bits per heavy atom. The first-order valence-electron chi connectivity index (χ1n) is 7.77. The summed E-state index contributed by atoms with van der Waals surface area (Å²) >= 11 is 1.35. The molecule has 0 spiro atoms. The third kappa shape index (κ3) is 4.27. The molecular formula is C18H17N3O3S2. The van der Waals surface area contributed by atoms with Gasteiger partial charge in [0.2, 0.25) is 0 Å². The molecular weight excluding hydrogens is 370 g/mol. The fourth-order valence-corrected chi connectivity index (χ4v) is 3.99. The molecule has 0 saturated carbocycles. The molecule has 1 heterocycles. The lowest BCUT2D eigenvalue weighted by Gasteiger charge is -2.09. The van der Waals surface area contributed by atoms with Crippen LogP contribution in [0.1, 0.15) is 20.8 Å². The van der Waals surface area contributed by atoms with Gasteiger partial charge in [0.15, 0.2) is 5.13 Å². The second-order valence-electron chi connectivity index (χ2n) is 5.73. The number of carbonyl (C=O) groups is 1. The van der Waals surface area contributed by atoms with E-state index in [9.17, 15) is 13.2 Å². The third-order valence-corrected chi connectivity index (χ3v) is 5.76. The van der Waals surface area contributed by atoms with Crippen molar-refractivity contribution in [3.63, 3.8) is 0 Å². The fraction of sp³-hybridized carbons (Fsp3) is 0.111.